The molecule has 0 spiro atoms. The zero-order chi connectivity index (χ0) is 13.4. The summed E-state index contributed by atoms with van der Waals surface area (Å²) in [4.78, 5) is 0. The van der Waals surface area contributed by atoms with Gasteiger partial charge in [0.2, 0.25) is 0 Å². The second-order valence-corrected chi connectivity index (χ2v) is 5.75. The summed E-state index contributed by atoms with van der Waals surface area (Å²) in [7, 11) is -0.753. The van der Waals surface area contributed by atoms with Crippen LogP contribution in [0.3, 0.4) is 0 Å². The number of nitrogens with one attached hydrogen (secondary N) is 1. The fourth-order valence-corrected chi connectivity index (χ4v) is 2.38. The lowest BCUT2D eigenvalue weighted by Gasteiger charge is -2.12. The topological polar surface area (TPSA) is 38.3 Å². The highest BCUT2D eigenvalue weighted by Gasteiger charge is 2.03. The van der Waals surface area contributed by atoms with Gasteiger partial charge in [-0.1, -0.05) is 24.8 Å². The van der Waals surface area contributed by atoms with Crippen LogP contribution in [0.2, 0.25) is 0 Å². The Labute approximate surface area is 112 Å². The van der Waals surface area contributed by atoms with Gasteiger partial charge in [0.25, 0.3) is 0 Å². The van der Waals surface area contributed by atoms with Gasteiger partial charge in [0.05, 0.1) is 0 Å². The van der Waals surface area contributed by atoms with E-state index in [9.17, 15) is 4.21 Å². The molecule has 2 atom stereocenters. The van der Waals surface area contributed by atoms with Crippen molar-refractivity contribution in [1.82, 2.24) is 5.32 Å². The van der Waals surface area contributed by atoms with Crippen molar-refractivity contribution in [3.05, 3.63) is 42.5 Å². The summed E-state index contributed by atoms with van der Waals surface area (Å²) in [6.45, 7) is 6.95. The Morgan fingerprint density at radius 1 is 1.44 bits per heavy atom. The van der Waals surface area contributed by atoms with Gasteiger partial charge in [-0.3, -0.25) is 4.21 Å². The van der Waals surface area contributed by atoms with Crippen molar-refractivity contribution >= 4 is 10.8 Å². The highest BCUT2D eigenvalue weighted by Crippen LogP contribution is 2.12. The van der Waals surface area contributed by atoms with E-state index in [1.54, 1.807) is 12.3 Å². The number of benzene rings is 1. The van der Waals surface area contributed by atoms with Gasteiger partial charge in [-0.15, -0.1) is 0 Å². The predicted molar refractivity (Wildman–Crippen MR) is 77.4 cm³/mol. The number of hydrogen-bond acceptors (Lipinski definition) is 3. The van der Waals surface area contributed by atoms with Gasteiger partial charge in [-0.05, 0) is 24.6 Å². The molecule has 1 aromatic carbocycles. The summed E-state index contributed by atoms with van der Waals surface area (Å²) < 4.78 is 16.5. The quantitative estimate of drug-likeness (QED) is 0.733. The molecule has 2 unspecified atom stereocenters. The van der Waals surface area contributed by atoms with E-state index in [0.29, 0.717) is 12.4 Å². The van der Waals surface area contributed by atoms with E-state index >= 15 is 0 Å². The average molecular weight is 267 g/mol. The SMILES string of the molecule is C=CCOc1ccc(CNC(C)CS(C)=O)cc1. The summed E-state index contributed by atoms with van der Waals surface area (Å²) >= 11 is 0. The van der Waals surface area contributed by atoms with Crippen LogP contribution < -0.4 is 10.1 Å². The molecule has 1 N–H and O–H groups in total. The molecule has 3 nitrogen and oxygen atoms in total. The third-order valence-electron chi connectivity index (χ3n) is 2.43. The average Bonchev–Trinajstić information content (AvgIpc) is 2.34. The van der Waals surface area contributed by atoms with Gasteiger partial charge in [-0.25, -0.2) is 0 Å². The van der Waals surface area contributed by atoms with Gasteiger partial charge in [0, 0.05) is 35.4 Å². The molecule has 1 rings (SSSR count). The lowest BCUT2D eigenvalue weighted by Crippen LogP contribution is -2.30. The number of ether oxygens (including phenoxy) is 1. The second kappa shape index (κ2) is 8.06. The molecule has 4 heteroatoms. The molecule has 0 aliphatic carbocycles. The maximum absolute atomic E-state index is 11.1. The van der Waals surface area contributed by atoms with Crippen molar-refractivity contribution < 1.29 is 8.95 Å². The van der Waals surface area contributed by atoms with Crippen molar-refractivity contribution in [3.63, 3.8) is 0 Å². The number of hydrogen-bond donors (Lipinski definition) is 1. The van der Waals surface area contributed by atoms with Crippen LogP contribution in [0.5, 0.6) is 5.75 Å². The lowest BCUT2D eigenvalue weighted by molar-refractivity contribution is 0.363. The number of rotatable bonds is 8. The largest absolute Gasteiger partial charge is 0.490 e. The molecule has 0 heterocycles. The summed E-state index contributed by atoms with van der Waals surface area (Å²) in [5.74, 6) is 1.53. The minimum absolute atomic E-state index is 0.257. The molecular weight excluding hydrogens is 246 g/mol. The highest BCUT2D eigenvalue weighted by molar-refractivity contribution is 7.84. The summed E-state index contributed by atoms with van der Waals surface area (Å²) in [6, 6.07) is 8.21. The lowest BCUT2D eigenvalue weighted by atomic mass is 10.2. The summed E-state index contributed by atoms with van der Waals surface area (Å²) in [5.41, 5.74) is 1.19. The minimum Gasteiger partial charge on any atom is -0.490 e. The Hall–Kier alpha value is -1.13. The van der Waals surface area contributed by atoms with Gasteiger partial charge in [-0.2, -0.15) is 0 Å². The van der Waals surface area contributed by atoms with Crippen LogP contribution in [-0.4, -0.2) is 28.9 Å². The minimum atomic E-state index is -0.753. The van der Waals surface area contributed by atoms with E-state index in [-0.39, 0.29) is 6.04 Å². The second-order valence-electron chi connectivity index (χ2n) is 4.27. The summed E-state index contributed by atoms with van der Waals surface area (Å²) in [5, 5.41) is 3.34. The van der Waals surface area contributed by atoms with E-state index in [0.717, 1.165) is 12.3 Å². The van der Waals surface area contributed by atoms with Gasteiger partial charge in [0.15, 0.2) is 0 Å². The van der Waals surface area contributed by atoms with Crippen molar-refractivity contribution in [3.8, 4) is 5.75 Å². The van der Waals surface area contributed by atoms with Crippen LogP contribution in [0.25, 0.3) is 0 Å². The van der Waals surface area contributed by atoms with Crippen LogP contribution in [0.15, 0.2) is 36.9 Å². The van der Waals surface area contributed by atoms with E-state index in [1.165, 1.54) is 5.56 Å². The van der Waals surface area contributed by atoms with E-state index in [4.69, 9.17) is 4.74 Å². The normalized spacial score (nSPS) is 13.9. The van der Waals surface area contributed by atoms with Crippen LogP contribution >= 0.6 is 0 Å². The highest BCUT2D eigenvalue weighted by atomic mass is 32.2. The zero-order valence-corrected chi connectivity index (χ0v) is 11.8. The summed E-state index contributed by atoms with van der Waals surface area (Å²) in [6.07, 6.45) is 3.45. The van der Waals surface area contributed by atoms with E-state index in [2.05, 4.69) is 11.9 Å². The molecule has 18 heavy (non-hydrogen) atoms. The Morgan fingerprint density at radius 2 is 2.11 bits per heavy atom. The maximum atomic E-state index is 11.1. The smallest absolute Gasteiger partial charge is 0.119 e. The first-order chi connectivity index (χ1) is 8.61. The molecule has 0 aliphatic heterocycles. The maximum Gasteiger partial charge on any atom is 0.119 e. The Bertz CT molecular complexity index is 389. The fourth-order valence-electron chi connectivity index (χ4n) is 1.56. The van der Waals surface area contributed by atoms with Crippen LogP contribution in [0.1, 0.15) is 12.5 Å². The van der Waals surface area contributed by atoms with Crippen molar-refractivity contribution in [2.45, 2.75) is 19.5 Å². The molecule has 0 fully saturated rings. The van der Waals surface area contributed by atoms with Crippen molar-refractivity contribution in [1.29, 1.82) is 0 Å². The van der Waals surface area contributed by atoms with Crippen molar-refractivity contribution in [2.24, 2.45) is 0 Å². The molecule has 100 valence electrons. The van der Waals surface area contributed by atoms with Gasteiger partial charge in [0.1, 0.15) is 12.4 Å². The Kier molecular flexibility index (Phi) is 6.68. The predicted octanol–water partition coefficient (Wildman–Crippen LogP) is 2.11. The van der Waals surface area contributed by atoms with Crippen molar-refractivity contribution in [2.75, 3.05) is 18.6 Å². The first kappa shape index (κ1) is 14.9. The molecule has 0 radical (unpaired) electrons. The molecular formula is C14H21NO2S. The first-order valence-corrected chi connectivity index (χ1v) is 7.70. The standard InChI is InChI=1S/C14H21NO2S/c1-4-9-17-14-7-5-13(6-8-14)10-15-12(2)11-18(3)16/h4-8,12,15H,1,9-11H2,2-3H3. The molecule has 0 aliphatic rings. The molecule has 0 saturated carbocycles. The Balaban J connectivity index is 2.38. The fraction of sp³-hybridized carbons (Fsp3) is 0.429. The van der Waals surface area contributed by atoms with Crippen LogP contribution in [0, 0.1) is 0 Å². The molecule has 0 amide bonds. The Morgan fingerprint density at radius 3 is 2.67 bits per heavy atom. The zero-order valence-electron chi connectivity index (χ0n) is 11.0. The molecule has 1 aromatic rings. The van der Waals surface area contributed by atoms with Crippen LogP contribution in [0.4, 0.5) is 0 Å². The van der Waals surface area contributed by atoms with Gasteiger partial charge < -0.3 is 10.1 Å². The first-order valence-electron chi connectivity index (χ1n) is 5.98. The van der Waals surface area contributed by atoms with E-state index < -0.39 is 10.8 Å². The van der Waals surface area contributed by atoms with Crippen LogP contribution in [-0.2, 0) is 17.3 Å². The monoisotopic (exact) mass is 267 g/mol. The van der Waals surface area contributed by atoms with E-state index in [1.807, 2.05) is 31.2 Å². The molecule has 0 saturated heterocycles. The molecule has 0 bridgehead atoms. The molecule has 0 aromatic heterocycles. The van der Waals surface area contributed by atoms with Gasteiger partial charge >= 0.3 is 0 Å². The third-order valence-corrected chi connectivity index (χ3v) is 3.40. The third kappa shape index (κ3) is 5.98.